The lowest BCUT2D eigenvalue weighted by Crippen LogP contribution is -2.61. The molecular formula is C13H19N3O8. The Morgan fingerprint density at radius 2 is 1.67 bits per heavy atom. The molecule has 5 atom stereocenters. The largest absolute Gasteiger partial charge is 0.463 e. The summed E-state index contributed by atoms with van der Waals surface area (Å²) in [5.41, 5.74) is 8.72. The zero-order valence-electron chi connectivity index (χ0n) is 13.7. The molecule has 1 saturated heterocycles. The maximum absolute atomic E-state index is 11.4. The fraction of sp³-hybridized carbons (Fsp3) is 0.769. The van der Waals surface area contributed by atoms with Gasteiger partial charge < -0.3 is 23.7 Å². The van der Waals surface area contributed by atoms with Gasteiger partial charge in [-0.15, -0.1) is 0 Å². The van der Waals surface area contributed by atoms with E-state index in [9.17, 15) is 14.4 Å². The summed E-state index contributed by atoms with van der Waals surface area (Å²) in [6, 6.07) is -1.10. The number of nitrogens with zero attached hydrogens (tertiary/aromatic N) is 3. The van der Waals surface area contributed by atoms with Crippen LogP contribution in [0, 0.1) is 0 Å². The van der Waals surface area contributed by atoms with E-state index in [0.29, 0.717) is 0 Å². The van der Waals surface area contributed by atoms with Crippen LogP contribution in [-0.4, -0.2) is 62.3 Å². The van der Waals surface area contributed by atoms with Gasteiger partial charge in [-0.3, -0.25) is 14.4 Å². The zero-order valence-corrected chi connectivity index (χ0v) is 13.7. The Morgan fingerprint density at radius 3 is 2.12 bits per heavy atom. The highest BCUT2D eigenvalue weighted by Crippen LogP contribution is 2.29. The van der Waals surface area contributed by atoms with Crippen LogP contribution in [0.2, 0.25) is 0 Å². The third-order valence-corrected chi connectivity index (χ3v) is 3.09. The lowest BCUT2D eigenvalue weighted by Gasteiger charge is -2.42. The standard InChI is InChI=1S/C13H19N3O8/c1-6(17)21-5-9-11(22-7(2)18)12(23-8(3)19)10(15-16-14)13(20-4)24-9/h9-13H,5H2,1-4H3/t9-,10-,11+,12-,13+/m1/s1. The highest BCUT2D eigenvalue weighted by atomic mass is 16.7. The molecule has 1 heterocycles. The first-order valence-corrected chi connectivity index (χ1v) is 7.00. The first-order chi connectivity index (χ1) is 11.3. The van der Waals surface area contributed by atoms with Crippen molar-refractivity contribution < 1.29 is 38.1 Å². The monoisotopic (exact) mass is 345 g/mol. The Kier molecular flexibility index (Phi) is 7.43. The van der Waals surface area contributed by atoms with E-state index in [-0.39, 0.29) is 6.61 Å². The van der Waals surface area contributed by atoms with Crippen LogP contribution in [0.25, 0.3) is 10.4 Å². The SMILES string of the molecule is CO[C@H]1O[C@H](COC(C)=O)[C@H](OC(C)=O)[C@H](OC(C)=O)[C@H]1N=[N+]=[N-]. The van der Waals surface area contributed by atoms with Gasteiger partial charge in [0.1, 0.15) is 18.8 Å². The highest BCUT2D eigenvalue weighted by Gasteiger charge is 2.50. The van der Waals surface area contributed by atoms with Gasteiger partial charge in [-0.05, 0) is 5.53 Å². The third kappa shape index (κ3) is 5.37. The van der Waals surface area contributed by atoms with Gasteiger partial charge in [0.15, 0.2) is 18.5 Å². The van der Waals surface area contributed by atoms with Crippen molar-refractivity contribution >= 4 is 17.9 Å². The van der Waals surface area contributed by atoms with Crippen molar-refractivity contribution in [3.63, 3.8) is 0 Å². The van der Waals surface area contributed by atoms with Crippen LogP contribution >= 0.6 is 0 Å². The van der Waals surface area contributed by atoms with Gasteiger partial charge in [0.05, 0.1) is 0 Å². The van der Waals surface area contributed by atoms with Crippen LogP contribution < -0.4 is 0 Å². The van der Waals surface area contributed by atoms with Gasteiger partial charge in [-0.1, -0.05) is 5.11 Å². The van der Waals surface area contributed by atoms with E-state index in [1.807, 2.05) is 0 Å². The average Bonchev–Trinajstić information content (AvgIpc) is 2.48. The van der Waals surface area contributed by atoms with Crippen molar-refractivity contribution in [1.29, 1.82) is 0 Å². The number of ether oxygens (including phenoxy) is 5. The predicted octanol–water partition coefficient (Wildman–Crippen LogP) is 0.463. The topological polar surface area (TPSA) is 146 Å². The van der Waals surface area contributed by atoms with E-state index in [4.69, 9.17) is 29.2 Å². The Balaban J connectivity index is 3.18. The molecule has 1 fully saturated rings. The lowest BCUT2D eigenvalue weighted by atomic mass is 9.97. The maximum atomic E-state index is 11.4. The Hall–Kier alpha value is -2.36. The van der Waals surface area contributed by atoms with E-state index in [1.54, 1.807) is 0 Å². The summed E-state index contributed by atoms with van der Waals surface area (Å²) < 4.78 is 25.8. The molecule has 24 heavy (non-hydrogen) atoms. The van der Waals surface area contributed by atoms with E-state index in [1.165, 1.54) is 14.0 Å². The van der Waals surface area contributed by atoms with Crippen LogP contribution in [0.1, 0.15) is 20.8 Å². The van der Waals surface area contributed by atoms with Gasteiger partial charge in [-0.2, -0.15) is 0 Å². The minimum atomic E-state index is -1.17. The smallest absolute Gasteiger partial charge is 0.303 e. The maximum Gasteiger partial charge on any atom is 0.303 e. The fourth-order valence-electron chi connectivity index (χ4n) is 2.26. The molecule has 0 saturated carbocycles. The van der Waals surface area contributed by atoms with Crippen LogP contribution in [0.15, 0.2) is 5.11 Å². The summed E-state index contributed by atoms with van der Waals surface area (Å²) in [6.45, 7) is 3.23. The molecule has 1 aliphatic rings. The molecule has 0 aromatic carbocycles. The van der Waals surface area contributed by atoms with Gasteiger partial charge >= 0.3 is 17.9 Å². The van der Waals surface area contributed by atoms with Crippen molar-refractivity contribution in [3.8, 4) is 0 Å². The number of hydrogen-bond acceptors (Lipinski definition) is 9. The third-order valence-electron chi connectivity index (χ3n) is 3.09. The molecule has 0 N–H and O–H groups in total. The van der Waals surface area contributed by atoms with Gasteiger partial charge in [0, 0.05) is 32.8 Å². The van der Waals surface area contributed by atoms with Crippen LogP contribution in [0.4, 0.5) is 0 Å². The molecule has 1 aliphatic heterocycles. The first-order valence-electron chi connectivity index (χ1n) is 7.00. The van der Waals surface area contributed by atoms with Crippen molar-refractivity contribution in [2.45, 2.75) is 51.4 Å². The van der Waals surface area contributed by atoms with Crippen LogP contribution in [-0.2, 0) is 38.1 Å². The highest BCUT2D eigenvalue weighted by molar-refractivity contribution is 5.68. The van der Waals surface area contributed by atoms with Crippen molar-refractivity contribution in [3.05, 3.63) is 10.4 Å². The molecule has 0 aromatic heterocycles. The fourth-order valence-corrected chi connectivity index (χ4v) is 2.26. The molecule has 0 unspecified atom stereocenters. The molecule has 0 bridgehead atoms. The molecule has 0 radical (unpaired) electrons. The summed E-state index contributed by atoms with van der Waals surface area (Å²) in [5.74, 6) is -1.93. The quantitative estimate of drug-likeness (QED) is 0.222. The van der Waals surface area contributed by atoms with Crippen LogP contribution in [0.5, 0.6) is 0 Å². The second kappa shape index (κ2) is 9.06. The van der Waals surface area contributed by atoms with Crippen molar-refractivity contribution in [1.82, 2.24) is 0 Å². The van der Waals surface area contributed by atoms with E-state index < -0.39 is 48.6 Å². The molecule has 0 amide bonds. The zero-order chi connectivity index (χ0) is 18.3. The molecule has 0 spiro atoms. The number of rotatable bonds is 6. The summed E-state index contributed by atoms with van der Waals surface area (Å²) in [7, 11) is 1.30. The molecule has 11 nitrogen and oxygen atoms in total. The van der Waals surface area contributed by atoms with E-state index >= 15 is 0 Å². The number of hydrogen-bond donors (Lipinski definition) is 0. The molecule has 134 valence electrons. The second-order valence-electron chi connectivity index (χ2n) is 4.92. The summed E-state index contributed by atoms with van der Waals surface area (Å²) in [5, 5.41) is 3.51. The number of azide groups is 1. The Morgan fingerprint density at radius 1 is 1.08 bits per heavy atom. The second-order valence-corrected chi connectivity index (χ2v) is 4.92. The summed E-state index contributed by atoms with van der Waals surface area (Å²) in [6.07, 6.45) is -4.37. The minimum Gasteiger partial charge on any atom is -0.463 e. The Labute approximate surface area is 137 Å². The summed E-state index contributed by atoms with van der Waals surface area (Å²) in [4.78, 5) is 36.5. The number of carbonyl (C=O) groups is 3. The number of carbonyl (C=O) groups excluding carboxylic acids is 3. The average molecular weight is 345 g/mol. The molecule has 0 aromatic rings. The van der Waals surface area contributed by atoms with Crippen molar-refractivity contribution in [2.75, 3.05) is 13.7 Å². The van der Waals surface area contributed by atoms with Crippen molar-refractivity contribution in [2.24, 2.45) is 5.11 Å². The number of esters is 3. The summed E-state index contributed by atoms with van der Waals surface area (Å²) >= 11 is 0. The molecule has 0 aliphatic carbocycles. The number of methoxy groups -OCH3 is 1. The molecule has 11 heteroatoms. The lowest BCUT2D eigenvalue weighted by molar-refractivity contribution is -0.267. The van der Waals surface area contributed by atoms with E-state index in [0.717, 1.165) is 13.8 Å². The van der Waals surface area contributed by atoms with E-state index in [2.05, 4.69) is 10.0 Å². The minimum absolute atomic E-state index is 0.270. The molecular weight excluding hydrogens is 326 g/mol. The van der Waals surface area contributed by atoms with Gasteiger partial charge in [0.2, 0.25) is 0 Å². The van der Waals surface area contributed by atoms with Gasteiger partial charge in [-0.25, -0.2) is 0 Å². The Bertz CT molecular complexity index is 533. The first kappa shape index (κ1) is 19.7. The predicted molar refractivity (Wildman–Crippen MR) is 76.3 cm³/mol. The van der Waals surface area contributed by atoms with Crippen LogP contribution in [0.3, 0.4) is 0 Å². The normalized spacial score (nSPS) is 29.1. The van der Waals surface area contributed by atoms with Gasteiger partial charge in [0.25, 0.3) is 0 Å². The molecule has 1 rings (SSSR count).